The number of nitrogens with zero attached hydrogens (tertiary/aromatic N) is 3. The third kappa shape index (κ3) is 5.35. The molecule has 2 saturated heterocycles. The molecular formula is C30H31F3N4O4. The average Bonchev–Trinajstić information content (AvgIpc) is 3.61. The summed E-state index contributed by atoms with van der Waals surface area (Å²) in [5, 5.41) is 6.26. The van der Waals surface area contributed by atoms with E-state index < -0.39 is 12.1 Å². The fourth-order valence-corrected chi connectivity index (χ4v) is 6.34. The summed E-state index contributed by atoms with van der Waals surface area (Å²) in [6, 6.07) is 16.2. The molecule has 1 unspecified atom stereocenters. The van der Waals surface area contributed by atoms with E-state index in [2.05, 4.69) is 32.1 Å². The van der Waals surface area contributed by atoms with E-state index in [1.165, 1.54) is 12.1 Å². The summed E-state index contributed by atoms with van der Waals surface area (Å²) >= 11 is 0. The fourth-order valence-electron chi connectivity index (χ4n) is 6.34. The van der Waals surface area contributed by atoms with E-state index in [1.54, 1.807) is 12.1 Å². The molecule has 0 radical (unpaired) electrons. The highest BCUT2D eigenvalue weighted by molar-refractivity contribution is 5.95. The molecular weight excluding hydrogens is 537 g/mol. The topological polar surface area (TPSA) is 97.6 Å². The van der Waals surface area contributed by atoms with Crippen LogP contribution >= 0.6 is 0 Å². The van der Waals surface area contributed by atoms with Crippen LogP contribution in [0.4, 0.5) is 13.2 Å². The molecule has 216 valence electrons. The molecule has 41 heavy (non-hydrogen) atoms. The van der Waals surface area contributed by atoms with Gasteiger partial charge < -0.3 is 19.5 Å². The van der Waals surface area contributed by atoms with Gasteiger partial charge >= 0.3 is 12.1 Å². The highest BCUT2D eigenvalue weighted by atomic mass is 19.4. The summed E-state index contributed by atoms with van der Waals surface area (Å²) < 4.78 is 48.8. The standard InChI is InChI=1S/C30H31F3N4O4/c31-30(32,33)26-35-24(36-41-26)20-6-4-7-21(16-20)25(38)34-18-23-17-28(19-40-23)12-14-37(15-13-28)27(39)29(10-5-11-29)22-8-2-1-3-9-22/h1-4,6-9,16,23H,5,10-15,17-19H2,(H,34,38). The molecule has 1 aromatic heterocycles. The van der Waals surface area contributed by atoms with E-state index >= 15 is 0 Å². The van der Waals surface area contributed by atoms with Crippen molar-refractivity contribution >= 4 is 11.8 Å². The summed E-state index contributed by atoms with van der Waals surface area (Å²) in [6.07, 6.45) is 0.484. The lowest BCUT2D eigenvalue weighted by Crippen LogP contribution is -2.54. The smallest absolute Gasteiger partial charge is 0.376 e. The van der Waals surface area contributed by atoms with Crippen molar-refractivity contribution in [1.29, 1.82) is 0 Å². The van der Waals surface area contributed by atoms with E-state index in [0.29, 0.717) is 26.2 Å². The number of carbonyl (C=O) groups excluding carboxylic acids is 2. The second-order valence-electron chi connectivity index (χ2n) is 11.4. The number of ether oxygens (including phenoxy) is 1. The van der Waals surface area contributed by atoms with Crippen molar-refractivity contribution in [2.75, 3.05) is 26.2 Å². The van der Waals surface area contributed by atoms with E-state index in [-0.39, 0.29) is 45.7 Å². The number of benzene rings is 2. The first kappa shape index (κ1) is 27.4. The second-order valence-corrected chi connectivity index (χ2v) is 11.4. The number of rotatable bonds is 6. The van der Waals surface area contributed by atoms with E-state index in [0.717, 1.165) is 44.1 Å². The quantitative estimate of drug-likeness (QED) is 0.449. The highest BCUT2D eigenvalue weighted by Crippen LogP contribution is 2.47. The Kier molecular flexibility index (Phi) is 7.09. The van der Waals surface area contributed by atoms with Gasteiger partial charge in [0.15, 0.2) is 0 Å². The van der Waals surface area contributed by atoms with Crippen molar-refractivity contribution in [1.82, 2.24) is 20.4 Å². The summed E-state index contributed by atoms with van der Waals surface area (Å²) in [6.45, 7) is 2.31. The molecule has 1 atom stereocenters. The zero-order valence-corrected chi connectivity index (χ0v) is 22.5. The molecule has 2 aliphatic heterocycles. The van der Waals surface area contributed by atoms with Gasteiger partial charge in [0.1, 0.15) is 0 Å². The molecule has 8 nitrogen and oxygen atoms in total. The Balaban J connectivity index is 1.02. The van der Waals surface area contributed by atoms with Gasteiger partial charge in [0, 0.05) is 30.8 Å². The zero-order chi connectivity index (χ0) is 28.7. The predicted octanol–water partition coefficient (Wildman–Crippen LogP) is 5.00. The van der Waals surface area contributed by atoms with E-state index in [4.69, 9.17) is 4.74 Å². The molecule has 2 aromatic carbocycles. The molecule has 6 rings (SSSR count). The maximum Gasteiger partial charge on any atom is 0.471 e. The van der Waals surface area contributed by atoms with Gasteiger partial charge in [-0.25, -0.2) is 0 Å². The number of nitrogens with one attached hydrogen (secondary N) is 1. The number of amides is 2. The minimum Gasteiger partial charge on any atom is -0.376 e. The lowest BCUT2D eigenvalue weighted by molar-refractivity contribution is -0.159. The average molecular weight is 569 g/mol. The predicted molar refractivity (Wildman–Crippen MR) is 142 cm³/mol. The molecule has 1 aliphatic carbocycles. The first-order valence-corrected chi connectivity index (χ1v) is 13.9. The lowest BCUT2D eigenvalue weighted by Gasteiger charge is -2.47. The number of alkyl halides is 3. The number of aromatic nitrogens is 2. The minimum atomic E-state index is -4.74. The van der Waals surface area contributed by atoms with E-state index in [1.807, 2.05) is 23.1 Å². The summed E-state index contributed by atoms with van der Waals surface area (Å²) in [4.78, 5) is 31.9. The van der Waals surface area contributed by atoms with Crippen LogP contribution in [0, 0.1) is 5.41 Å². The van der Waals surface area contributed by atoms with Crippen LogP contribution in [0.5, 0.6) is 0 Å². The zero-order valence-electron chi connectivity index (χ0n) is 22.5. The van der Waals surface area contributed by atoms with Gasteiger partial charge in [-0.15, -0.1) is 0 Å². The Morgan fingerprint density at radius 1 is 1.02 bits per heavy atom. The van der Waals surface area contributed by atoms with Crippen molar-refractivity contribution in [3.63, 3.8) is 0 Å². The van der Waals surface area contributed by atoms with Crippen molar-refractivity contribution in [2.45, 2.75) is 56.2 Å². The summed E-state index contributed by atoms with van der Waals surface area (Å²) in [7, 11) is 0. The lowest BCUT2D eigenvalue weighted by atomic mass is 9.63. The Labute approximate surface area is 235 Å². The SMILES string of the molecule is O=C(NCC1CC2(CCN(C(=O)C3(c4ccccc4)CCC3)CC2)CO1)c1cccc(-c2noc(C(F)(F)F)n2)c1. The third-order valence-corrected chi connectivity index (χ3v) is 8.88. The maximum absolute atomic E-state index is 13.6. The Morgan fingerprint density at radius 3 is 2.44 bits per heavy atom. The van der Waals surface area contributed by atoms with Gasteiger partial charge in [0.25, 0.3) is 5.91 Å². The van der Waals surface area contributed by atoms with Crippen LogP contribution in [0.15, 0.2) is 59.1 Å². The van der Waals surface area contributed by atoms with Crippen LogP contribution in [-0.4, -0.2) is 59.2 Å². The summed E-state index contributed by atoms with van der Waals surface area (Å²) in [5.41, 5.74) is 1.23. The van der Waals surface area contributed by atoms with Gasteiger partial charge in [0.2, 0.25) is 11.7 Å². The Hall–Kier alpha value is -3.73. The normalized spacial score (nSPS) is 21.4. The first-order chi connectivity index (χ1) is 19.7. The van der Waals surface area contributed by atoms with Crippen LogP contribution in [0.3, 0.4) is 0 Å². The number of piperidine rings is 1. The third-order valence-electron chi connectivity index (χ3n) is 8.88. The van der Waals surface area contributed by atoms with Gasteiger partial charge in [-0.1, -0.05) is 54.0 Å². The Bertz CT molecular complexity index is 1410. The van der Waals surface area contributed by atoms with Gasteiger partial charge in [-0.3, -0.25) is 9.59 Å². The van der Waals surface area contributed by atoms with Crippen molar-refractivity contribution in [3.8, 4) is 11.4 Å². The number of hydrogen-bond acceptors (Lipinski definition) is 6. The van der Waals surface area contributed by atoms with Crippen LogP contribution in [0.2, 0.25) is 0 Å². The number of hydrogen-bond donors (Lipinski definition) is 1. The number of halogens is 3. The van der Waals surface area contributed by atoms with Crippen molar-refractivity contribution in [3.05, 3.63) is 71.6 Å². The fraction of sp³-hybridized carbons (Fsp3) is 0.467. The van der Waals surface area contributed by atoms with Crippen LogP contribution < -0.4 is 5.32 Å². The molecule has 3 aliphatic rings. The maximum atomic E-state index is 13.6. The molecule has 1 saturated carbocycles. The van der Waals surface area contributed by atoms with Crippen LogP contribution in [0.1, 0.15) is 60.3 Å². The van der Waals surface area contributed by atoms with Crippen LogP contribution in [0.25, 0.3) is 11.4 Å². The second kappa shape index (κ2) is 10.6. The number of carbonyl (C=O) groups is 2. The molecule has 11 heteroatoms. The molecule has 2 amide bonds. The first-order valence-electron chi connectivity index (χ1n) is 13.9. The molecule has 1 spiro atoms. The van der Waals surface area contributed by atoms with Crippen molar-refractivity contribution in [2.24, 2.45) is 5.41 Å². The van der Waals surface area contributed by atoms with E-state index in [9.17, 15) is 22.8 Å². The number of likely N-dealkylation sites (tertiary alicyclic amines) is 1. The summed E-state index contributed by atoms with van der Waals surface area (Å²) in [5.74, 6) is -1.82. The van der Waals surface area contributed by atoms with Gasteiger partial charge in [-0.2, -0.15) is 18.2 Å². The molecule has 3 fully saturated rings. The van der Waals surface area contributed by atoms with Crippen LogP contribution in [-0.2, 0) is 21.1 Å². The minimum absolute atomic E-state index is 0.0135. The molecule has 3 heterocycles. The molecule has 1 N–H and O–H groups in total. The Morgan fingerprint density at radius 2 is 1.78 bits per heavy atom. The van der Waals surface area contributed by atoms with Crippen molar-refractivity contribution < 1.29 is 32.0 Å². The largest absolute Gasteiger partial charge is 0.471 e. The van der Waals surface area contributed by atoms with Gasteiger partial charge in [-0.05, 0) is 55.2 Å². The molecule has 3 aromatic rings. The monoisotopic (exact) mass is 568 g/mol. The molecule has 0 bridgehead atoms. The highest BCUT2D eigenvalue weighted by Gasteiger charge is 2.50. The van der Waals surface area contributed by atoms with Gasteiger partial charge in [0.05, 0.1) is 18.1 Å².